The number of hydrogen-bond donors (Lipinski definition) is 1. The van der Waals surface area contributed by atoms with E-state index >= 15 is 0 Å². The third-order valence-corrected chi connectivity index (χ3v) is 3.97. The normalized spacial score (nSPS) is 10.3. The summed E-state index contributed by atoms with van der Waals surface area (Å²) in [5, 5.41) is 0. The Bertz CT molecular complexity index is 564. The van der Waals surface area contributed by atoms with Gasteiger partial charge in [-0.05, 0) is 18.1 Å². The molecule has 0 spiro atoms. The zero-order chi connectivity index (χ0) is 13.1. The molecule has 2 heterocycles. The van der Waals surface area contributed by atoms with Gasteiger partial charge in [0.05, 0.1) is 12.8 Å². The topological polar surface area (TPSA) is 65.2 Å². The molecular formula is C13H14N2O2S. The van der Waals surface area contributed by atoms with Crippen LogP contribution in [0.3, 0.4) is 0 Å². The third kappa shape index (κ3) is 2.09. The van der Waals surface area contributed by atoms with Crippen LogP contribution < -0.4 is 5.73 Å². The van der Waals surface area contributed by atoms with Crippen molar-refractivity contribution in [3.05, 3.63) is 35.0 Å². The summed E-state index contributed by atoms with van der Waals surface area (Å²) >= 11 is 1.36. The molecule has 0 aliphatic heterocycles. The molecule has 0 amide bonds. The summed E-state index contributed by atoms with van der Waals surface area (Å²) in [5.74, 6) is -0.387. The average Bonchev–Trinajstić information content (AvgIpc) is 2.76. The number of ether oxygens (including phenoxy) is 1. The average molecular weight is 262 g/mol. The number of carbonyl (C=O) groups excluding carboxylic acids is 1. The SMILES string of the molecule is CCc1c(-c2cccnc2)sc(C(=O)OC)c1N. The summed E-state index contributed by atoms with van der Waals surface area (Å²) in [6, 6.07) is 3.82. The lowest BCUT2D eigenvalue weighted by Gasteiger charge is -2.01. The van der Waals surface area contributed by atoms with Crippen LogP contribution in [-0.2, 0) is 11.2 Å². The fourth-order valence-electron chi connectivity index (χ4n) is 1.80. The predicted octanol–water partition coefficient (Wildman–Crippen LogP) is 2.74. The Morgan fingerprint density at radius 2 is 2.33 bits per heavy atom. The molecule has 4 nitrogen and oxygen atoms in total. The van der Waals surface area contributed by atoms with Crippen molar-refractivity contribution >= 4 is 23.0 Å². The van der Waals surface area contributed by atoms with Gasteiger partial charge in [-0.3, -0.25) is 4.98 Å². The van der Waals surface area contributed by atoms with Crippen LogP contribution in [0.4, 0.5) is 5.69 Å². The fraction of sp³-hybridized carbons (Fsp3) is 0.231. The van der Waals surface area contributed by atoms with Crippen molar-refractivity contribution in [1.29, 1.82) is 0 Å². The van der Waals surface area contributed by atoms with Gasteiger partial charge in [-0.15, -0.1) is 11.3 Å². The number of hydrogen-bond acceptors (Lipinski definition) is 5. The Kier molecular flexibility index (Phi) is 3.62. The predicted molar refractivity (Wildman–Crippen MR) is 72.7 cm³/mol. The van der Waals surface area contributed by atoms with E-state index in [1.165, 1.54) is 18.4 Å². The number of methoxy groups -OCH3 is 1. The van der Waals surface area contributed by atoms with Crippen molar-refractivity contribution in [3.8, 4) is 10.4 Å². The minimum Gasteiger partial charge on any atom is -0.465 e. The maximum atomic E-state index is 11.6. The van der Waals surface area contributed by atoms with E-state index in [4.69, 9.17) is 10.5 Å². The fourth-order valence-corrected chi connectivity index (χ4v) is 3.02. The van der Waals surface area contributed by atoms with Crippen molar-refractivity contribution in [2.45, 2.75) is 13.3 Å². The lowest BCUT2D eigenvalue weighted by atomic mass is 10.1. The number of anilines is 1. The number of aromatic nitrogens is 1. The van der Waals surface area contributed by atoms with Crippen LogP contribution in [0.25, 0.3) is 10.4 Å². The molecule has 0 aromatic carbocycles. The van der Waals surface area contributed by atoms with Crippen LogP contribution in [0.5, 0.6) is 0 Å². The second-order valence-corrected chi connectivity index (χ2v) is 4.76. The zero-order valence-electron chi connectivity index (χ0n) is 10.3. The largest absolute Gasteiger partial charge is 0.465 e. The first-order valence-electron chi connectivity index (χ1n) is 5.58. The zero-order valence-corrected chi connectivity index (χ0v) is 11.1. The standard InChI is InChI=1S/C13H14N2O2S/c1-3-9-10(14)12(13(16)17-2)18-11(9)8-5-4-6-15-7-8/h4-7H,3,14H2,1-2H3. The molecule has 2 N–H and O–H groups in total. The minimum atomic E-state index is -0.387. The Hall–Kier alpha value is -1.88. The van der Waals surface area contributed by atoms with Crippen LogP contribution in [0, 0.1) is 0 Å². The first kappa shape index (κ1) is 12.6. The second kappa shape index (κ2) is 5.18. The molecule has 5 heteroatoms. The summed E-state index contributed by atoms with van der Waals surface area (Å²) in [4.78, 5) is 17.2. The lowest BCUT2D eigenvalue weighted by Crippen LogP contribution is -2.02. The maximum absolute atomic E-state index is 11.6. The molecule has 0 atom stereocenters. The molecule has 94 valence electrons. The Balaban J connectivity index is 2.58. The number of pyridine rings is 1. The molecular weight excluding hydrogens is 248 g/mol. The number of nitrogens with zero attached hydrogens (tertiary/aromatic N) is 1. The Labute approximate surface area is 109 Å². The summed E-state index contributed by atoms with van der Waals surface area (Å²) in [6.45, 7) is 2.01. The molecule has 0 bridgehead atoms. The maximum Gasteiger partial charge on any atom is 0.350 e. The van der Waals surface area contributed by atoms with E-state index in [1.807, 2.05) is 19.1 Å². The van der Waals surface area contributed by atoms with Crippen LogP contribution in [0.2, 0.25) is 0 Å². The first-order chi connectivity index (χ1) is 8.69. The van der Waals surface area contributed by atoms with Crippen LogP contribution in [0.1, 0.15) is 22.2 Å². The number of carbonyl (C=O) groups is 1. The summed E-state index contributed by atoms with van der Waals surface area (Å²) < 4.78 is 4.74. The number of nitrogens with two attached hydrogens (primary N) is 1. The van der Waals surface area contributed by atoms with Crippen molar-refractivity contribution in [2.75, 3.05) is 12.8 Å². The van der Waals surface area contributed by atoms with Gasteiger partial charge < -0.3 is 10.5 Å². The van der Waals surface area contributed by atoms with Gasteiger partial charge in [0.25, 0.3) is 0 Å². The van der Waals surface area contributed by atoms with Gasteiger partial charge in [-0.2, -0.15) is 0 Å². The number of thiophene rings is 1. The van der Waals surface area contributed by atoms with E-state index in [-0.39, 0.29) is 5.97 Å². The minimum absolute atomic E-state index is 0.387. The van der Waals surface area contributed by atoms with Crippen LogP contribution in [0.15, 0.2) is 24.5 Å². The molecule has 0 unspecified atom stereocenters. The third-order valence-electron chi connectivity index (χ3n) is 2.70. The summed E-state index contributed by atoms with van der Waals surface area (Å²) in [5.41, 5.74) is 8.49. The Morgan fingerprint density at radius 1 is 1.56 bits per heavy atom. The number of rotatable bonds is 3. The molecule has 0 fully saturated rings. The smallest absolute Gasteiger partial charge is 0.350 e. The molecule has 0 saturated carbocycles. The Morgan fingerprint density at radius 3 is 2.89 bits per heavy atom. The molecule has 0 aliphatic carbocycles. The van der Waals surface area contributed by atoms with E-state index in [1.54, 1.807) is 12.4 Å². The summed E-state index contributed by atoms with van der Waals surface area (Å²) in [7, 11) is 1.36. The van der Waals surface area contributed by atoms with Crippen molar-refractivity contribution in [2.24, 2.45) is 0 Å². The molecule has 2 rings (SSSR count). The van der Waals surface area contributed by atoms with E-state index in [0.29, 0.717) is 10.6 Å². The van der Waals surface area contributed by atoms with Crippen molar-refractivity contribution in [1.82, 2.24) is 4.98 Å². The highest BCUT2D eigenvalue weighted by Crippen LogP contribution is 2.38. The van der Waals surface area contributed by atoms with Crippen LogP contribution >= 0.6 is 11.3 Å². The van der Waals surface area contributed by atoms with Crippen molar-refractivity contribution < 1.29 is 9.53 Å². The van der Waals surface area contributed by atoms with Gasteiger partial charge in [-0.1, -0.05) is 13.0 Å². The van der Waals surface area contributed by atoms with Crippen LogP contribution in [-0.4, -0.2) is 18.1 Å². The quantitative estimate of drug-likeness (QED) is 0.864. The van der Waals surface area contributed by atoms with Crippen molar-refractivity contribution in [3.63, 3.8) is 0 Å². The molecule has 2 aromatic heterocycles. The lowest BCUT2D eigenvalue weighted by molar-refractivity contribution is 0.0607. The van der Waals surface area contributed by atoms with Gasteiger partial charge in [0.1, 0.15) is 4.88 Å². The van der Waals surface area contributed by atoms with Gasteiger partial charge >= 0.3 is 5.97 Å². The second-order valence-electron chi connectivity index (χ2n) is 3.74. The van der Waals surface area contributed by atoms with E-state index in [2.05, 4.69) is 4.98 Å². The van der Waals surface area contributed by atoms with Gasteiger partial charge in [-0.25, -0.2) is 4.79 Å². The highest BCUT2D eigenvalue weighted by atomic mass is 32.1. The van der Waals surface area contributed by atoms with Gasteiger partial charge in [0.15, 0.2) is 0 Å². The summed E-state index contributed by atoms with van der Waals surface area (Å²) in [6.07, 6.45) is 4.25. The molecule has 0 aliphatic rings. The van der Waals surface area contributed by atoms with E-state index in [0.717, 1.165) is 22.4 Å². The molecule has 0 saturated heterocycles. The molecule has 2 aromatic rings. The monoisotopic (exact) mass is 262 g/mol. The highest BCUT2D eigenvalue weighted by Gasteiger charge is 2.21. The van der Waals surface area contributed by atoms with Gasteiger partial charge in [0, 0.05) is 22.8 Å². The van der Waals surface area contributed by atoms with E-state index in [9.17, 15) is 4.79 Å². The first-order valence-corrected chi connectivity index (χ1v) is 6.40. The molecule has 0 radical (unpaired) electrons. The van der Waals surface area contributed by atoms with Gasteiger partial charge in [0.2, 0.25) is 0 Å². The highest BCUT2D eigenvalue weighted by molar-refractivity contribution is 7.18. The molecule has 18 heavy (non-hydrogen) atoms. The number of nitrogen functional groups attached to an aromatic ring is 1. The number of esters is 1. The van der Waals surface area contributed by atoms with E-state index < -0.39 is 0 Å².